The highest BCUT2D eigenvalue weighted by Crippen LogP contribution is 2.33. The van der Waals surface area contributed by atoms with Gasteiger partial charge < -0.3 is 13.9 Å². The molecule has 1 unspecified atom stereocenters. The Balaban J connectivity index is 2.26. The van der Waals surface area contributed by atoms with Crippen molar-refractivity contribution < 1.29 is 13.9 Å². The van der Waals surface area contributed by atoms with E-state index in [-0.39, 0.29) is 0 Å². The van der Waals surface area contributed by atoms with Gasteiger partial charge in [-0.1, -0.05) is 0 Å². The maximum absolute atomic E-state index is 5.67. The van der Waals surface area contributed by atoms with Gasteiger partial charge in [0.15, 0.2) is 5.60 Å². The molecular formula is C8H11IN2O3. The van der Waals surface area contributed by atoms with Crippen LogP contribution in [0.25, 0.3) is 0 Å². The first kappa shape index (κ1) is 10.3. The highest BCUT2D eigenvalue weighted by Gasteiger charge is 2.42. The molecule has 2 rings (SSSR count). The van der Waals surface area contributed by atoms with Crippen molar-refractivity contribution in [3.8, 4) is 0 Å². The summed E-state index contributed by atoms with van der Waals surface area (Å²) >= 11 is 1.99. The van der Waals surface area contributed by atoms with E-state index in [1.807, 2.05) is 29.5 Å². The molecule has 1 saturated heterocycles. The summed E-state index contributed by atoms with van der Waals surface area (Å²) in [5.74, 6) is 0.529. The first-order chi connectivity index (χ1) is 6.77. The van der Waals surface area contributed by atoms with E-state index in [9.17, 15) is 0 Å². The lowest BCUT2D eigenvalue weighted by atomic mass is 10.0. The van der Waals surface area contributed by atoms with Gasteiger partial charge in [-0.2, -0.15) is 0 Å². The summed E-state index contributed by atoms with van der Waals surface area (Å²) in [6.45, 7) is 3.74. The van der Waals surface area contributed by atoms with Crippen LogP contribution >= 0.6 is 22.6 Å². The number of nitrogens with zero attached hydrogens (tertiary/aromatic N) is 2. The molecule has 0 bridgehead atoms. The topological polar surface area (TPSA) is 57.4 Å². The lowest BCUT2D eigenvalue weighted by Gasteiger charge is -2.22. The van der Waals surface area contributed by atoms with Crippen LogP contribution in [0.15, 0.2) is 4.42 Å². The zero-order chi connectivity index (χ0) is 10.0. The maximum Gasteiger partial charge on any atom is 0.278 e. The predicted octanol–water partition coefficient (Wildman–Crippen LogP) is 1.33. The Morgan fingerprint density at radius 3 is 2.93 bits per heavy atom. The van der Waals surface area contributed by atoms with Crippen LogP contribution in [0.2, 0.25) is 0 Å². The van der Waals surface area contributed by atoms with E-state index in [4.69, 9.17) is 13.9 Å². The van der Waals surface area contributed by atoms with E-state index in [1.165, 1.54) is 0 Å². The molecule has 1 fully saturated rings. The van der Waals surface area contributed by atoms with Crippen LogP contribution in [0.4, 0.5) is 0 Å². The van der Waals surface area contributed by atoms with E-state index in [0.29, 0.717) is 29.6 Å². The largest absolute Gasteiger partial charge is 0.413 e. The molecule has 1 atom stereocenters. The first-order valence-corrected chi connectivity index (χ1v) is 5.56. The van der Waals surface area contributed by atoms with Crippen LogP contribution in [-0.2, 0) is 15.1 Å². The molecule has 2 heterocycles. The van der Waals surface area contributed by atoms with Crippen molar-refractivity contribution in [1.29, 1.82) is 0 Å². The van der Waals surface area contributed by atoms with Crippen molar-refractivity contribution in [3.63, 3.8) is 0 Å². The van der Waals surface area contributed by atoms with Crippen molar-refractivity contribution in [2.45, 2.75) is 18.9 Å². The highest BCUT2D eigenvalue weighted by atomic mass is 127. The molecular weight excluding hydrogens is 299 g/mol. The maximum atomic E-state index is 5.67. The van der Waals surface area contributed by atoms with Gasteiger partial charge in [0.1, 0.15) is 0 Å². The zero-order valence-corrected chi connectivity index (χ0v) is 9.98. The van der Waals surface area contributed by atoms with Crippen LogP contribution in [0.3, 0.4) is 0 Å². The Hall–Kier alpha value is -0.210. The van der Waals surface area contributed by atoms with E-state index in [1.54, 1.807) is 0 Å². The standard InChI is InChI=1S/C8H11IN2O3/c1-2-13-8(3-4-12-5-8)6-10-11-7(9)14-6/h2-5H2,1H3. The molecule has 14 heavy (non-hydrogen) atoms. The van der Waals surface area contributed by atoms with E-state index >= 15 is 0 Å². The Labute approximate surface area is 95.3 Å². The van der Waals surface area contributed by atoms with Gasteiger partial charge in [0.25, 0.3) is 9.79 Å². The van der Waals surface area contributed by atoms with Crippen molar-refractivity contribution in [2.75, 3.05) is 19.8 Å². The van der Waals surface area contributed by atoms with Gasteiger partial charge in [0, 0.05) is 35.6 Å². The fraction of sp³-hybridized carbons (Fsp3) is 0.750. The number of rotatable bonds is 3. The van der Waals surface area contributed by atoms with E-state index < -0.39 is 5.60 Å². The van der Waals surface area contributed by atoms with Crippen LogP contribution in [-0.4, -0.2) is 30.0 Å². The molecule has 0 amide bonds. The molecule has 6 heteroatoms. The molecule has 1 aromatic rings. The van der Waals surface area contributed by atoms with Crippen molar-refractivity contribution in [1.82, 2.24) is 10.2 Å². The van der Waals surface area contributed by atoms with Gasteiger partial charge in [-0.3, -0.25) is 0 Å². The smallest absolute Gasteiger partial charge is 0.278 e. The second-order valence-corrected chi connectivity index (χ2v) is 4.01. The number of hydrogen-bond donors (Lipinski definition) is 0. The summed E-state index contributed by atoms with van der Waals surface area (Å²) in [7, 11) is 0. The van der Waals surface area contributed by atoms with Crippen LogP contribution in [0.1, 0.15) is 19.2 Å². The molecule has 1 aromatic heterocycles. The Bertz CT molecular complexity index is 309. The van der Waals surface area contributed by atoms with Gasteiger partial charge in [-0.15, -0.1) is 10.2 Å². The third-order valence-electron chi connectivity index (χ3n) is 2.20. The molecule has 0 aromatic carbocycles. The predicted molar refractivity (Wildman–Crippen MR) is 55.8 cm³/mol. The highest BCUT2D eigenvalue weighted by molar-refractivity contribution is 14.1. The van der Waals surface area contributed by atoms with Crippen molar-refractivity contribution in [3.05, 3.63) is 9.79 Å². The van der Waals surface area contributed by atoms with Crippen molar-refractivity contribution >= 4 is 22.6 Å². The average Bonchev–Trinajstić information content (AvgIpc) is 2.75. The summed E-state index contributed by atoms with van der Waals surface area (Å²) in [6.07, 6.45) is 0.777. The number of hydrogen-bond acceptors (Lipinski definition) is 5. The Morgan fingerprint density at radius 1 is 1.57 bits per heavy atom. The SMILES string of the molecule is CCOC1(c2nnc(I)o2)CCOC1. The fourth-order valence-corrected chi connectivity index (χ4v) is 1.87. The summed E-state index contributed by atoms with van der Waals surface area (Å²) < 4.78 is 16.9. The average molecular weight is 310 g/mol. The molecule has 78 valence electrons. The van der Waals surface area contributed by atoms with Gasteiger partial charge in [0.05, 0.1) is 13.2 Å². The van der Waals surface area contributed by atoms with Gasteiger partial charge in [0.2, 0.25) is 0 Å². The third-order valence-corrected chi connectivity index (χ3v) is 2.63. The van der Waals surface area contributed by atoms with E-state index in [2.05, 4.69) is 10.2 Å². The monoisotopic (exact) mass is 310 g/mol. The molecule has 0 aliphatic carbocycles. The van der Waals surface area contributed by atoms with Crippen molar-refractivity contribution in [2.24, 2.45) is 0 Å². The van der Waals surface area contributed by atoms with Gasteiger partial charge in [-0.25, -0.2) is 0 Å². The summed E-state index contributed by atoms with van der Waals surface area (Å²) in [5.41, 5.74) is -0.509. The van der Waals surface area contributed by atoms with E-state index in [0.717, 1.165) is 6.42 Å². The zero-order valence-electron chi connectivity index (χ0n) is 7.83. The Kier molecular flexibility index (Phi) is 3.03. The summed E-state index contributed by atoms with van der Waals surface area (Å²) in [4.78, 5) is 0. The van der Waals surface area contributed by atoms with Crippen LogP contribution < -0.4 is 0 Å². The molecule has 0 N–H and O–H groups in total. The quantitative estimate of drug-likeness (QED) is 0.788. The number of aromatic nitrogens is 2. The van der Waals surface area contributed by atoms with Crippen LogP contribution in [0.5, 0.6) is 0 Å². The lowest BCUT2D eigenvalue weighted by molar-refractivity contribution is -0.0665. The minimum absolute atomic E-state index is 0.499. The Morgan fingerprint density at radius 2 is 2.43 bits per heavy atom. The van der Waals surface area contributed by atoms with Gasteiger partial charge >= 0.3 is 0 Å². The molecule has 1 aliphatic heterocycles. The lowest BCUT2D eigenvalue weighted by Crippen LogP contribution is -2.30. The number of halogens is 1. The minimum Gasteiger partial charge on any atom is -0.413 e. The normalized spacial score (nSPS) is 27.0. The fourth-order valence-electron chi connectivity index (χ4n) is 1.56. The molecule has 0 radical (unpaired) electrons. The number of ether oxygens (including phenoxy) is 2. The first-order valence-electron chi connectivity index (χ1n) is 4.48. The van der Waals surface area contributed by atoms with Crippen LogP contribution in [0, 0.1) is 3.90 Å². The second-order valence-electron chi connectivity index (χ2n) is 3.09. The molecule has 5 nitrogen and oxygen atoms in total. The molecule has 0 saturated carbocycles. The second kappa shape index (κ2) is 4.11. The molecule has 1 aliphatic rings. The third kappa shape index (κ3) is 1.78. The minimum atomic E-state index is -0.509. The van der Waals surface area contributed by atoms with Gasteiger partial charge in [-0.05, 0) is 6.92 Å². The summed E-state index contributed by atoms with van der Waals surface area (Å²) in [5, 5.41) is 7.78. The summed E-state index contributed by atoms with van der Waals surface area (Å²) in [6, 6.07) is 0. The molecule has 0 spiro atoms.